The molecule has 1 amide bonds. The molecule has 7 nitrogen and oxygen atoms in total. The smallest absolute Gasteiger partial charge is 0.422 e. The molecule has 1 aliphatic heterocycles. The molecule has 1 saturated heterocycles. The van der Waals surface area contributed by atoms with Gasteiger partial charge in [-0.3, -0.25) is 4.79 Å². The van der Waals surface area contributed by atoms with Crippen molar-refractivity contribution in [3.63, 3.8) is 0 Å². The number of alkyl halides is 3. The largest absolute Gasteiger partial charge is 0.484 e. The predicted octanol–water partition coefficient (Wildman–Crippen LogP) is 1.96. The third-order valence-corrected chi connectivity index (χ3v) is 7.42. The van der Waals surface area contributed by atoms with E-state index in [0.717, 1.165) is 18.2 Å². The van der Waals surface area contributed by atoms with E-state index in [1.807, 2.05) is 6.07 Å². The lowest BCUT2D eigenvalue weighted by Crippen LogP contribution is -2.45. The van der Waals surface area contributed by atoms with Gasteiger partial charge >= 0.3 is 6.18 Å². The lowest BCUT2D eigenvalue weighted by molar-refractivity contribution is -0.153. The maximum absolute atomic E-state index is 12.9. The number of amides is 1. The van der Waals surface area contributed by atoms with Gasteiger partial charge in [0.05, 0.1) is 27.3 Å². The number of nitrogens with zero attached hydrogens (tertiary/aromatic N) is 1. The molecule has 0 aromatic heterocycles. The van der Waals surface area contributed by atoms with Crippen LogP contribution in [-0.4, -0.2) is 50.5 Å². The second-order valence-electron chi connectivity index (χ2n) is 7.04. The highest BCUT2D eigenvalue weighted by molar-refractivity contribution is 7.92. The average Bonchev–Trinajstić information content (AvgIpc) is 3.21. The van der Waals surface area contributed by atoms with Gasteiger partial charge in [0.25, 0.3) is 0 Å². The molecule has 2 atom stereocenters. The summed E-state index contributed by atoms with van der Waals surface area (Å²) >= 11 is 5.98. The van der Waals surface area contributed by atoms with Gasteiger partial charge in [-0.25, -0.2) is 8.42 Å². The van der Waals surface area contributed by atoms with Crippen LogP contribution < -0.4 is 15.4 Å². The van der Waals surface area contributed by atoms with E-state index in [2.05, 4.69) is 15.4 Å². The minimum absolute atomic E-state index is 0.00261. The Kier molecular flexibility index (Phi) is 5.73. The number of hydrogen-bond acceptors (Lipinski definition) is 6. The Hall–Kier alpha value is -2.03. The molecule has 3 rings (SSSR count). The van der Waals surface area contributed by atoms with Crippen molar-refractivity contribution in [3.05, 3.63) is 23.2 Å². The molecule has 0 bridgehead atoms. The van der Waals surface area contributed by atoms with E-state index in [1.54, 1.807) is 0 Å². The van der Waals surface area contributed by atoms with Gasteiger partial charge in [-0.15, -0.1) is 0 Å². The van der Waals surface area contributed by atoms with Gasteiger partial charge in [0, 0.05) is 12.6 Å². The van der Waals surface area contributed by atoms with Crippen molar-refractivity contribution in [2.24, 2.45) is 0 Å². The van der Waals surface area contributed by atoms with E-state index >= 15 is 0 Å². The third-order valence-electron chi connectivity index (χ3n) is 4.78. The molecule has 158 valence electrons. The van der Waals surface area contributed by atoms with Crippen LogP contribution in [0, 0.1) is 11.3 Å². The van der Waals surface area contributed by atoms with Crippen molar-refractivity contribution in [1.29, 1.82) is 5.26 Å². The van der Waals surface area contributed by atoms with Crippen molar-refractivity contribution in [2.75, 3.05) is 13.2 Å². The Bertz CT molecular complexity index is 958. The van der Waals surface area contributed by atoms with Crippen LogP contribution in [0.1, 0.15) is 19.3 Å². The SMILES string of the molecule is N#CC1(NC(=O)[C@@H]2C[C@@H](S(=O)(=O)c3ccc(OCC(F)(F)F)cc3Cl)CN2)CC1. The molecule has 2 aliphatic rings. The van der Waals surface area contributed by atoms with Crippen LogP contribution in [-0.2, 0) is 14.6 Å². The third kappa shape index (κ3) is 4.94. The van der Waals surface area contributed by atoms with Crippen molar-refractivity contribution in [2.45, 2.75) is 47.2 Å². The molecule has 1 heterocycles. The van der Waals surface area contributed by atoms with Crippen molar-refractivity contribution >= 4 is 27.3 Å². The normalized spacial score (nSPS) is 23.3. The Morgan fingerprint density at radius 1 is 1.41 bits per heavy atom. The number of carbonyl (C=O) groups is 1. The van der Waals surface area contributed by atoms with Gasteiger partial charge in [-0.2, -0.15) is 18.4 Å². The summed E-state index contributed by atoms with van der Waals surface area (Å²) in [5.41, 5.74) is -0.856. The van der Waals surface area contributed by atoms with Gasteiger partial charge in [0.2, 0.25) is 5.91 Å². The predicted molar refractivity (Wildman–Crippen MR) is 96.1 cm³/mol. The molecule has 2 fully saturated rings. The summed E-state index contributed by atoms with van der Waals surface area (Å²) in [5, 5.41) is 13.3. The number of rotatable bonds is 6. The molecule has 0 radical (unpaired) electrons. The summed E-state index contributed by atoms with van der Waals surface area (Å²) in [7, 11) is -3.95. The van der Waals surface area contributed by atoms with E-state index in [0.29, 0.717) is 12.8 Å². The highest BCUT2D eigenvalue weighted by Crippen LogP contribution is 2.35. The van der Waals surface area contributed by atoms with Gasteiger partial charge in [-0.05, 0) is 31.4 Å². The quantitative estimate of drug-likeness (QED) is 0.684. The van der Waals surface area contributed by atoms with Crippen LogP contribution in [0.25, 0.3) is 0 Å². The van der Waals surface area contributed by atoms with E-state index < -0.39 is 45.4 Å². The standard InChI is InChI=1S/C17H17ClF3N3O4S/c18-12-5-10(28-9-17(19,20)21)1-2-14(12)29(26,27)11-6-13(23-7-11)15(25)24-16(8-22)3-4-16/h1-2,5,11,13,23H,3-4,6-7,9H2,(H,24,25)/t11-,13+/m1/s1. The van der Waals surface area contributed by atoms with Gasteiger partial charge in [0.1, 0.15) is 11.3 Å². The summed E-state index contributed by atoms with van der Waals surface area (Å²) in [6.45, 7) is -1.52. The summed E-state index contributed by atoms with van der Waals surface area (Å²) in [4.78, 5) is 12.0. The Morgan fingerprint density at radius 3 is 2.66 bits per heavy atom. The lowest BCUT2D eigenvalue weighted by atomic mass is 10.2. The summed E-state index contributed by atoms with van der Waals surface area (Å²) < 4.78 is 67.0. The second kappa shape index (κ2) is 7.66. The molecule has 12 heteroatoms. The Labute approximate surface area is 170 Å². The zero-order valence-electron chi connectivity index (χ0n) is 14.9. The lowest BCUT2D eigenvalue weighted by Gasteiger charge is -2.15. The first-order valence-electron chi connectivity index (χ1n) is 8.65. The monoisotopic (exact) mass is 451 g/mol. The second-order valence-corrected chi connectivity index (χ2v) is 9.65. The number of sulfone groups is 1. The van der Waals surface area contributed by atoms with Crippen molar-refractivity contribution in [1.82, 2.24) is 10.6 Å². The zero-order chi connectivity index (χ0) is 21.4. The molecule has 1 aliphatic carbocycles. The fourth-order valence-corrected chi connectivity index (χ4v) is 5.20. The van der Waals surface area contributed by atoms with Crippen molar-refractivity contribution < 1.29 is 31.1 Å². The number of ether oxygens (including phenoxy) is 1. The first-order valence-corrected chi connectivity index (χ1v) is 10.6. The molecule has 2 N–H and O–H groups in total. The number of hydrogen-bond donors (Lipinski definition) is 2. The first-order chi connectivity index (χ1) is 13.5. The highest BCUT2D eigenvalue weighted by atomic mass is 35.5. The maximum Gasteiger partial charge on any atom is 0.422 e. The molecular weight excluding hydrogens is 435 g/mol. The van der Waals surface area contributed by atoms with Crippen molar-refractivity contribution in [3.8, 4) is 11.8 Å². The van der Waals surface area contributed by atoms with Crippen LogP contribution in [0.5, 0.6) is 5.75 Å². The number of benzene rings is 1. The zero-order valence-corrected chi connectivity index (χ0v) is 16.5. The van der Waals surface area contributed by atoms with Crippen LogP contribution >= 0.6 is 11.6 Å². The Morgan fingerprint density at radius 2 is 2.10 bits per heavy atom. The summed E-state index contributed by atoms with van der Waals surface area (Å²) in [6, 6.07) is 4.46. The van der Waals surface area contributed by atoms with Gasteiger partial charge in [-0.1, -0.05) is 11.6 Å². The molecule has 0 spiro atoms. The topological polar surface area (TPSA) is 108 Å². The summed E-state index contributed by atoms with van der Waals surface area (Å²) in [5.74, 6) is -0.650. The molecule has 29 heavy (non-hydrogen) atoms. The Balaban J connectivity index is 1.68. The van der Waals surface area contributed by atoms with E-state index in [4.69, 9.17) is 16.9 Å². The molecule has 0 unspecified atom stereocenters. The number of nitriles is 1. The highest BCUT2D eigenvalue weighted by Gasteiger charge is 2.47. The van der Waals surface area contributed by atoms with Gasteiger partial charge < -0.3 is 15.4 Å². The van der Waals surface area contributed by atoms with E-state index in [-0.39, 0.29) is 28.6 Å². The maximum atomic E-state index is 12.9. The van der Waals surface area contributed by atoms with Crippen LogP contribution in [0.15, 0.2) is 23.1 Å². The minimum atomic E-state index is -4.53. The van der Waals surface area contributed by atoms with E-state index in [1.165, 1.54) is 0 Å². The minimum Gasteiger partial charge on any atom is -0.484 e. The molecule has 1 saturated carbocycles. The number of halogens is 4. The van der Waals surface area contributed by atoms with Crippen LogP contribution in [0.3, 0.4) is 0 Å². The average molecular weight is 452 g/mol. The van der Waals surface area contributed by atoms with Crippen LogP contribution in [0.2, 0.25) is 5.02 Å². The molecule has 1 aromatic carbocycles. The fraction of sp³-hybridized carbons (Fsp3) is 0.529. The van der Waals surface area contributed by atoms with E-state index in [9.17, 15) is 26.4 Å². The fourth-order valence-electron chi connectivity index (χ4n) is 3.00. The molecular formula is C17H17ClF3N3O4S. The van der Waals surface area contributed by atoms with Crippen LogP contribution in [0.4, 0.5) is 13.2 Å². The first kappa shape index (κ1) is 21.7. The van der Waals surface area contributed by atoms with Gasteiger partial charge in [0.15, 0.2) is 16.4 Å². The number of carbonyl (C=O) groups excluding carboxylic acids is 1. The summed E-state index contributed by atoms with van der Waals surface area (Å²) in [6.07, 6.45) is -3.44. The number of nitrogens with one attached hydrogen (secondary N) is 2. The molecule has 1 aromatic rings.